The van der Waals surface area contributed by atoms with Crippen molar-refractivity contribution in [1.82, 2.24) is 0 Å². The summed E-state index contributed by atoms with van der Waals surface area (Å²) in [6, 6.07) is 7.57. The first-order chi connectivity index (χ1) is 8.86. The van der Waals surface area contributed by atoms with Crippen LogP contribution in [0.15, 0.2) is 24.3 Å². The van der Waals surface area contributed by atoms with Crippen LogP contribution in [0.3, 0.4) is 0 Å². The Morgan fingerprint density at radius 3 is 2.89 bits per heavy atom. The van der Waals surface area contributed by atoms with Gasteiger partial charge in [-0.2, -0.15) is 11.8 Å². The van der Waals surface area contributed by atoms with Gasteiger partial charge in [-0.1, -0.05) is 17.9 Å². The molecule has 18 heavy (non-hydrogen) atoms. The van der Waals surface area contributed by atoms with Gasteiger partial charge in [0.25, 0.3) is 0 Å². The zero-order valence-corrected chi connectivity index (χ0v) is 11.3. The number of rotatable bonds is 7. The van der Waals surface area contributed by atoms with Gasteiger partial charge in [0, 0.05) is 24.2 Å². The summed E-state index contributed by atoms with van der Waals surface area (Å²) in [6.45, 7) is 1.32. The molecule has 0 unspecified atom stereocenters. The first-order valence-electron chi connectivity index (χ1n) is 5.76. The molecular formula is C14H18O3S. The number of thioether (sulfide) groups is 1. The molecule has 98 valence electrons. The quantitative estimate of drug-likeness (QED) is 0.603. The minimum Gasteiger partial charge on any atom is -0.493 e. The van der Waals surface area contributed by atoms with Crippen LogP contribution >= 0.6 is 11.8 Å². The van der Waals surface area contributed by atoms with Gasteiger partial charge in [0.2, 0.25) is 0 Å². The average Bonchev–Trinajstić information content (AvgIpc) is 2.41. The number of methoxy groups -OCH3 is 1. The molecule has 0 aromatic heterocycles. The van der Waals surface area contributed by atoms with Crippen molar-refractivity contribution in [2.24, 2.45) is 0 Å². The summed E-state index contributed by atoms with van der Waals surface area (Å²) in [6.07, 6.45) is 0. The number of benzene rings is 1. The Morgan fingerprint density at radius 1 is 1.28 bits per heavy atom. The number of ether oxygens (including phenoxy) is 2. The lowest BCUT2D eigenvalue weighted by atomic mass is 10.2. The third-order valence-electron chi connectivity index (χ3n) is 2.07. The summed E-state index contributed by atoms with van der Waals surface area (Å²) in [5.74, 6) is 8.21. The van der Waals surface area contributed by atoms with Crippen LogP contribution in [0.2, 0.25) is 0 Å². The van der Waals surface area contributed by atoms with Crippen LogP contribution in [0.5, 0.6) is 5.75 Å². The molecule has 0 fully saturated rings. The van der Waals surface area contributed by atoms with E-state index in [1.54, 1.807) is 18.9 Å². The molecule has 1 N–H and O–H groups in total. The fraction of sp³-hybridized carbons (Fsp3) is 0.429. The predicted octanol–water partition coefficient (Wildman–Crippen LogP) is 1.79. The molecule has 1 aromatic rings. The fourth-order valence-corrected chi connectivity index (χ4v) is 1.96. The molecule has 0 atom stereocenters. The second-order valence-corrected chi connectivity index (χ2v) is 4.67. The van der Waals surface area contributed by atoms with Gasteiger partial charge in [-0.15, -0.1) is 0 Å². The molecule has 0 radical (unpaired) electrons. The summed E-state index contributed by atoms with van der Waals surface area (Å²) in [7, 11) is 1.70. The molecule has 0 amide bonds. The molecule has 4 heteroatoms. The largest absolute Gasteiger partial charge is 0.493 e. The van der Waals surface area contributed by atoms with Crippen LogP contribution in [-0.2, 0) is 4.74 Å². The first kappa shape index (κ1) is 14.9. The Bertz CT molecular complexity index is 396. The van der Waals surface area contributed by atoms with Crippen molar-refractivity contribution in [3.8, 4) is 17.6 Å². The molecule has 1 rings (SSSR count). The van der Waals surface area contributed by atoms with Crippen molar-refractivity contribution in [2.75, 3.05) is 38.4 Å². The Balaban J connectivity index is 2.29. The monoisotopic (exact) mass is 266 g/mol. The van der Waals surface area contributed by atoms with E-state index < -0.39 is 0 Å². The van der Waals surface area contributed by atoms with E-state index >= 15 is 0 Å². The summed E-state index contributed by atoms with van der Waals surface area (Å²) >= 11 is 1.80. The van der Waals surface area contributed by atoms with Crippen LogP contribution in [0.1, 0.15) is 5.56 Å². The van der Waals surface area contributed by atoms with Gasteiger partial charge >= 0.3 is 0 Å². The van der Waals surface area contributed by atoms with Crippen molar-refractivity contribution >= 4 is 11.8 Å². The van der Waals surface area contributed by atoms with Gasteiger partial charge in [-0.05, 0) is 18.2 Å². The summed E-state index contributed by atoms with van der Waals surface area (Å²) in [4.78, 5) is 0. The molecule has 0 saturated carbocycles. The normalized spacial score (nSPS) is 9.67. The van der Waals surface area contributed by atoms with Crippen LogP contribution in [0.4, 0.5) is 0 Å². The molecule has 3 nitrogen and oxygen atoms in total. The van der Waals surface area contributed by atoms with Crippen molar-refractivity contribution in [3.63, 3.8) is 0 Å². The van der Waals surface area contributed by atoms with Crippen LogP contribution in [-0.4, -0.2) is 43.5 Å². The lowest BCUT2D eigenvalue weighted by Gasteiger charge is -2.06. The van der Waals surface area contributed by atoms with E-state index in [1.807, 2.05) is 24.3 Å². The smallest absolute Gasteiger partial charge is 0.120 e. The Labute approximate surface area is 112 Å². The minimum absolute atomic E-state index is 0.124. The summed E-state index contributed by atoms with van der Waals surface area (Å²) in [5, 5.41) is 8.62. The van der Waals surface area contributed by atoms with E-state index in [-0.39, 0.29) is 6.61 Å². The highest BCUT2D eigenvalue weighted by Crippen LogP contribution is 2.13. The van der Waals surface area contributed by atoms with Gasteiger partial charge in [-0.3, -0.25) is 0 Å². The fourth-order valence-electron chi connectivity index (χ4n) is 1.27. The summed E-state index contributed by atoms with van der Waals surface area (Å²) < 4.78 is 10.6. The number of hydrogen-bond donors (Lipinski definition) is 1. The van der Waals surface area contributed by atoms with Crippen molar-refractivity contribution in [3.05, 3.63) is 29.8 Å². The standard InChI is InChI=1S/C14H18O3S/c1-16-8-10-18-11-9-17-14-6-2-4-13(12-14)5-3-7-15/h2,4,6,12,15H,7-11H2,1H3. The second kappa shape index (κ2) is 9.84. The number of aliphatic hydroxyl groups is 1. The van der Waals surface area contributed by atoms with E-state index in [2.05, 4.69) is 11.8 Å². The molecule has 1 aromatic carbocycles. The number of hydrogen-bond acceptors (Lipinski definition) is 4. The van der Waals surface area contributed by atoms with Gasteiger partial charge < -0.3 is 14.6 Å². The maximum Gasteiger partial charge on any atom is 0.120 e. The van der Waals surface area contributed by atoms with E-state index in [0.717, 1.165) is 29.4 Å². The maximum atomic E-state index is 8.62. The second-order valence-electron chi connectivity index (χ2n) is 3.44. The highest BCUT2D eigenvalue weighted by molar-refractivity contribution is 7.99. The zero-order chi connectivity index (χ0) is 13.1. The van der Waals surface area contributed by atoms with Gasteiger partial charge in [0.1, 0.15) is 12.4 Å². The van der Waals surface area contributed by atoms with Crippen molar-refractivity contribution in [2.45, 2.75) is 0 Å². The zero-order valence-electron chi connectivity index (χ0n) is 10.5. The van der Waals surface area contributed by atoms with E-state index in [4.69, 9.17) is 14.6 Å². The molecule has 0 heterocycles. The lowest BCUT2D eigenvalue weighted by Crippen LogP contribution is -2.02. The highest BCUT2D eigenvalue weighted by Gasteiger charge is 1.95. The predicted molar refractivity (Wildman–Crippen MR) is 75.1 cm³/mol. The van der Waals surface area contributed by atoms with E-state index in [9.17, 15) is 0 Å². The molecule has 0 aliphatic rings. The Morgan fingerprint density at radius 2 is 2.11 bits per heavy atom. The van der Waals surface area contributed by atoms with Gasteiger partial charge in [0.15, 0.2) is 0 Å². The van der Waals surface area contributed by atoms with E-state index in [0.29, 0.717) is 6.61 Å². The van der Waals surface area contributed by atoms with Gasteiger partial charge in [0.05, 0.1) is 13.2 Å². The molecule has 0 aliphatic carbocycles. The maximum absolute atomic E-state index is 8.62. The summed E-state index contributed by atoms with van der Waals surface area (Å²) in [5.41, 5.74) is 0.855. The SMILES string of the molecule is COCCSCCOc1cccc(C#CCO)c1. The van der Waals surface area contributed by atoms with Crippen LogP contribution in [0, 0.1) is 11.8 Å². The van der Waals surface area contributed by atoms with Gasteiger partial charge in [-0.25, -0.2) is 0 Å². The van der Waals surface area contributed by atoms with Crippen molar-refractivity contribution < 1.29 is 14.6 Å². The highest BCUT2D eigenvalue weighted by atomic mass is 32.2. The Kier molecular flexibility index (Phi) is 8.15. The third kappa shape index (κ3) is 6.55. The Hall–Kier alpha value is -1.15. The average molecular weight is 266 g/mol. The van der Waals surface area contributed by atoms with E-state index in [1.165, 1.54) is 0 Å². The third-order valence-corrected chi connectivity index (χ3v) is 2.98. The molecule has 0 saturated heterocycles. The molecule has 0 bridgehead atoms. The molecular weight excluding hydrogens is 248 g/mol. The van der Waals surface area contributed by atoms with Crippen LogP contribution < -0.4 is 4.74 Å². The number of aliphatic hydroxyl groups excluding tert-OH is 1. The topological polar surface area (TPSA) is 38.7 Å². The van der Waals surface area contributed by atoms with Crippen LogP contribution in [0.25, 0.3) is 0 Å². The molecule has 0 aliphatic heterocycles. The van der Waals surface area contributed by atoms with Crippen molar-refractivity contribution in [1.29, 1.82) is 0 Å². The first-order valence-corrected chi connectivity index (χ1v) is 6.91. The molecule has 0 spiro atoms. The lowest BCUT2D eigenvalue weighted by molar-refractivity contribution is 0.218. The minimum atomic E-state index is -0.124.